The number of benzene rings is 2. The first-order valence-electron chi connectivity index (χ1n) is 14.2. The highest BCUT2D eigenvalue weighted by atomic mass is 35.5. The molecule has 1 N–H and O–H groups in total. The fraction of sp³-hybridized carbons (Fsp3) is 0.323. The molecule has 2 aromatic carbocycles. The van der Waals surface area contributed by atoms with Crippen molar-refractivity contribution in [3.05, 3.63) is 71.8 Å². The lowest BCUT2D eigenvalue weighted by Crippen LogP contribution is -2.57. The third-order valence-electron chi connectivity index (χ3n) is 9.20. The number of hydrogen-bond donors (Lipinski definition) is 1. The molecule has 2 fully saturated rings. The van der Waals surface area contributed by atoms with Crippen LogP contribution in [0.3, 0.4) is 0 Å². The number of pyridine rings is 2. The van der Waals surface area contributed by atoms with Crippen LogP contribution in [-0.4, -0.2) is 69.5 Å². The molecule has 0 atom stereocenters. The van der Waals surface area contributed by atoms with Gasteiger partial charge in [-0.1, -0.05) is 6.42 Å². The van der Waals surface area contributed by atoms with Gasteiger partial charge in [-0.15, -0.1) is 12.4 Å². The first-order chi connectivity index (χ1) is 20.9. The number of rotatable bonds is 6. The standard InChI is InChI=1S/C31H29F3N6O3S.ClH/c1-38(2)19-15-40(16-19)29-25(37-44(42,43)27-6-5-18(32)10-23(27)34)9-17(13-36-29)20-11-21-24(12-22(20)33)35-14-26-28(21)31(7-4-8-31)30(41)39(26)3;/h5-6,9-14,19,37H,4,7-8,15-16H2,1-3H3;1H. The van der Waals surface area contributed by atoms with Crippen LogP contribution in [0.25, 0.3) is 22.0 Å². The number of carbonyl (C=O) groups excluding carboxylic acids is 1. The Bertz CT molecular complexity index is 1980. The summed E-state index contributed by atoms with van der Waals surface area (Å²) in [5.41, 5.74) is 1.70. The fourth-order valence-corrected chi connectivity index (χ4v) is 7.61. The van der Waals surface area contributed by atoms with Crippen LogP contribution in [0.15, 0.2) is 53.7 Å². The van der Waals surface area contributed by atoms with Crippen molar-refractivity contribution in [1.29, 1.82) is 0 Å². The van der Waals surface area contributed by atoms with E-state index in [9.17, 15) is 22.0 Å². The number of sulfonamides is 1. The van der Waals surface area contributed by atoms with Crippen LogP contribution >= 0.6 is 12.4 Å². The Morgan fingerprint density at radius 2 is 1.73 bits per heavy atom. The number of hydrogen-bond acceptors (Lipinski definition) is 7. The van der Waals surface area contributed by atoms with E-state index in [0.29, 0.717) is 54.4 Å². The third kappa shape index (κ3) is 4.79. The van der Waals surface area contributed by atoms with Gasteiger partial charge in [0.1, 0.15) is 22.3 Å². The lowest BCUT2D eigenvalue weighted by molar-refractivity contribution is -0.125. The summed E-state index contributed by atoms with van der Waals surface area (Å²) in [4.78, 5) is 27.0. The molecule has 7 rings (SSSR count). The van der Waals surface area contributed by atoms with Gasteiger partial charge in [-0.05, 0) is 51.2 Å². The Hall–Kier alpha value is -3.94. The molecule has 0 unspecified atom stereocenters. The van der Waals surface area contributed by atoms with Gasteiger partial charge in [0.2, 0.25) is 5.91 Å². The minimum absolute atomic E-state index is 0. The highest BCUT2D eigenvalue weighted by Gasteiger charge is 2.54. The molecule has 9 nitrogen and oxygen atoms in total. The average Bonchev–Trinajstić information content (AvgIpc) is 3.14. The van der Waals surface area contributed by atoms with Crippen molar-refractivity contribution in [3.8, 4) is 11.1 Å². The number of fused-ring (bicyclic) bond motifs is 4. The molecule has 1 spiro atoms. The summed E-state index contributed by atoms with van der Waals surface area (Å²) >= 11 is 0. The van der Waals surface area contributed by atoms with Crippen molar-refractivity contribution in [3.63, 3.8) is 0 Å². The molecule has 1 aliphatic carbocycles. The molecular formula is C31H30ClF3N6O3S. The quantitative estimate of drug-likeness (QED) is 0.308. The summed E-state index contributed by atoms with van der Waals surface area (Å²) in [6, 6.07) is 6.82. The van der Waals surface area contributed by atoms with Crippen molar-refractivity contribution >= 4 is 56.4 Å². The number of carbonyl (C=O) groups is 1. The molecule has 3 aliphatic rings. The summed E-state index contributed by atoms with van der Waals surface area (Å²) in [7, 11) is 1.07. The molecular weight excluding hydrogens is 629 g/mol. The summed E-state index contributed by atoms with van der Waals surface area (Å²) < 4.78 is 72.9. The van der Waals surface area contributed by atoms with Gasteiger partial charge in [0.25, 0.3) is 10.0 Å². The predicted molar refractivity (Wildman–Crippen MR) is 168 cm³/mol. The molecule has 4 heterocycles. The van der Waals surface area contributed by atoms with Crippen molar-refractivity contribution < 1.29 is 26.4 Å². The number of aromatic nitrogens is 2. The predicted octanol–water partition coefficient (Wildman–Crippen LogP) is 5.09. The zero-order valence-corrected chi connectivity index (χ0v) is 26.3. The van der Waals surface area contributed by atoms with Gasteiger partial charge < -0.3 is 14.7 Å². The van der Waals surface area contributed by atoms with E-state index in [0.717, 1.165) is 24.1 Å². The third-order valence-corrected chi connectivity index (χ3v) is 10.6. The second-order valence-electron chi connectivity index (χ2n) is 12.0. The van der Waals surface area contributed by atoms with E-state index >= 15 is 4.39 Å². The smallest absolute Gasteiger partial charge is 0.264 e. The van der Waals surface area contributed by atoms with Gasteiger partial charge in [-0.2, -0.15) is 0 Å². The van der Waals surface area contributed by atoms with E-state index in [1.54, 1.807) is 24.2 Å². The molecule has 2 aliphatic heterocycles. The minimum atomic E-state index is -4.52. The number of anilines is 3. The van der Waals surface area contributed by atoms with Crippen LogP contribution in [0.1, 0.15) is 24.8 Å². The summed E-state index contributed by atoms with van der Waals surface area (Å²) in [5.74, 6) is -2.46. The first kappa shape index (κ1) is 31.1. The van der Waals surface area contributed by atoms with Crippen LogP contribution in [0.5, 0.6) is 0 Å². The minimum Gasteiger partial charge on any atom is -0.352 e. The second kappa shape index (κ2) is 10.8. The Balaban J connectivity index is 0.00000357. The second-order valence-corrected chi connectivity index (χ2v) is 13.6. The molecule has 236 valence electrons. The van der Waals surface area contributed by atoms with E-state index in [2.05, 4.69) is 14.7 Å². The van der Waals surface area contributed by atoms with Crippen molar-refractivity contribution in [2.75, 3.05) is 48.8 Å². The van der Waals surface area contributed by atoms with Crippen molar-refractivity contribution in [2.45, 2.75) is 35.6 Å². The zero-order valence-electron chi connectivity index (χ0n) is 24.6. The number of nitrogens with one attached hydrogen (secondary N) is 1. The topological polar surface area (TPSA) is 98.7 Å². The van der Waals surface area contributed by atoms with Crippen molar-refractivity contribution in [2.24, 2.45) is 0 Å². The number of halogens is 4. The number of likely N-dealkylation sites (N-methyl/N-ethyl adjacent to an activating group) is 2. The number of nitrogens with zero attached hydrogens (tertiary/aromatic N) is 5. The van der Waals surface area contributed by atoms with Crippen LogP contribution in [0.4, 0.5) is 30.4 Å². The van der Waals surface area contributed by atoms with Gasteiger partial charge in [0, 0.05) is 66.6 Å². The molecule has 2 aromatic heterocycles. The molecule has 0 bridgehead atoms. The normalized spacial score (nSPS) is 17.4. The van der Waals surface area contributed by atoms with Gasteiger partial charge in [-0.25, -0.2) is 26.6 Å². The van der Waals surface area contributed by atoms with Crippen molar-refractivity contribution in [1.82, 2.24) is 14.9 Å². The van der Waals surface area contributed by atoms with E-state index in [-0.39, 0.29) is 41.2 Å². The molecule has 1 saturated carbocycles. The summed E-state index contributed by atoms with van der Waals surface area (Å²) in [6.07, 6.45) is 5.37. The summed E-state index contributed by atoms with van der Waals surface area (Å²) in [5, 5.41) is 0.646. The molecule has 1 saturated heterocycles. The first-order valence-corrected chi connectivity index (χ1v) is 15.7. The average molecular weight is 659 g/mol. The Morgan fingerprint density at radius 3 is 2.38 bits per heavy atom. The number of amides is 1. The van der Waals surface area contributed by atoms with Gasteiger partial charge in [-0.3, -0.25) is 14.5 Å². The molecule has 45 heavy (non-hydrogen) atoms. The maximum atomic E-state index is 15.7. The van der Waals surface area contributed by atoms with Crippen LogP contribution in [0.2, 0.25) is 0 Å². The Labute approximate surface area is 264 Å². The van der Waals surface area contributed by atoms with Gasteiger partial charge >= 0.3 is 0 Å². The Morgan fingerprint density at radius 1 is 1.00 bits per heavy atom. The molecule has 4 aromatic rings. The maximum Gasteiger partial charge on any atom is 0.264 e. The largest absolute Gasteiger partial charge is 0.352 e. The highest BCUT2D eigenvalue weighted by molar-refractivity contribution is 7.92. The van der Waals surface area contributed by atoms with Crippen LogP contribution in [-0.2, 0) is 20.2 Å². The Kier molecular flexibility index (Phi) is 7.49. The summed E-state index contributed by atoms with van der Waals surface area (Å²) in [6.45, 7) is 1.12. The fourth-order valence-electron chi connectivity index (χ4n) is 6.49. The van der Waals surface area contributed by atoms with Crippen LogP contribution < -0.4 is 14.5 Å². The zero-order chi connectivity index (χ0) is 31.1. The van der Waals surface area contributed by atoms with E-state index < -0.39 is 37.8 Å². The molecule has 0 radical (unpaired) electrons. The monoisotopic (exact) mass is 658 g/mol. The van der Waals surface area contributed by atoms with Gasteiger partial charge in [0.15, 0.2) is 5.82 Å². The van der Waals surface area contributed by atoms with E-state index in [1.165, 1.54) is 18.3 Å². The lowest BCUT2D eigenvalue weighted by atomic mass is 9.64. The van der Waals surface area contributed by atoms with E-state index in [4.69, 9.17) is 0 Å². The van der Waals surface area contributed by atoms with Gasteiger partial charge in [0.05, 0.1) is 28.5 Å². The lowest BCUT2D eigenvalue weighted by Gasteiger charge is -2.44. The molecule has 14 heteroatoms. The molecule has 1 amide bonds. The maximum absolute atomic E-state index is 15.7. The van der Waals surface area contributed by atoms with E-state index in [1.807, 2.05) is 23.9 Å². The van der Waals surface area contributed by atoms with Crippen LogP contribution in [0, 0.1) is 17.5 Å². The SMILES string of the molecule is CN1C(=O)C2(CCC2)c2c1cnc1cc(F)c(-c3cnc(N4CC(N(C)C)C4)c(NS(=O)(=O)c4ccc(F)cc4F)c3)cc21.Cl. The highest BCUT2D eigenvalue weighted by Crippen LogP contribution is 2.55.